The Morgan fingerprint density at radius 2 is 1.93 bits per heavy atom. The molecule has 3 aromatic rings. The molecule has 28 heavy (non-hydrogen) atoms. The zero-order valence-corrected chi connectivity index (χ0v) is 16.8. The largest absolute Gasteiger partial charge is 0.497 e. The summed E-state index contributed by atoms with van der Waals surface area (Å²) in [5, 5.41) is 3.36. The second-order valence-corrected chi connectivity index (χ2v) is 6.47. The number of pyridine rings is 1. The van der Waals surface area contributed by atoms with Gasteiger partial charge in [0.1, 0.15) is 23.8 Å². The van der Waals surface area contributed by atoms with Crippen molar-refractivity contribution in [2.45, 2.75) is 13.5 Å². The summed E-state index contributed by atoms with van der Waals surface area (Å²) in [6.07, 6.45) is 2.05. The van der Waals surface area contributed by atoms with E-state index in [9.17, 15) is 0 Å². The molecule has 7 heteroatoms. The van der Waals surface area contributed by atoms with E-state index in [1.165, 1.54) is 0 Å². The Kier molecular flexibility index (Phi) is 6.37. The fourth-order valence-corrected chi connectivity index (χ4v) is 2.92. The van der Waals surface area contributed by atoms with E-state index in [1.54, 1.807) is 14.2 Å². The van der Waals surface area contributed by atoms with Gasteiger partial charge in [0.15, 0.2) is 5.96 Å². The highest BCUT2D eigenvalue weighted by atomic mass is 16.5. The van der Waals surface area contributed by atoms with Crippen LogP contribution in [0, 0.1) is 6.92 Å². The van der Waals surface area contributed by atoms with Crippen LogP contribution in [0.15, 0.2) is 53.7 Å². The summed E-state index contributed by atoms with van der Waals surface area (Å²) in [7, 11) is 5.41. The number of benzene rings is 1. The Balaban J connectivity index is 1.50. The summed E-state index contributed by atoms with van der Waals surface area (Å²) in [4.78, 5) is 11.0. The van der Waals surface area contributed by atoms with Crippen LogP contribution in [0.5, 0.6) is 11.5 Å². The maximum atomic E-state index is 5.79. The molecular weight excluding hydrogens is 354 g/mol. The Morgan fingerprint density at radius 1 is 1.18 bits per heavy atom. The monoisotopic (exact) mass is 381 g/mol. The van der Waals surface area contributed by atoms with Crippen LogP contribution in [0.25, 0.3) is 5.65 Å². The number of fused-ring (bicyclic) bond motifs is 1. The van der Waals surface area contributed by atoms with E-state index in [2.05, 4.69) is 38.9 Å². The summed E-state index contributed by atoms with van der Waals surface area (Å²) in [6.45, 7) is 3.94. The van der Waals surface area contributed by atoms with Crippen LogP contribution >= 0.6 is 0 Å². The first-order chi connectivity index (χ1) is 13.6. The van der Waals surface area contributed by atoms with Crippen molar-refractivity contribution >= 4 is 11.6 Å². The third kappa shape index (κ3) is 4.73. The lowest BCUT2D eigenvalue weighted by Gasteiger charge is -2.21. The van der Waals surface area contributed by atoms with Crippen LogP contribution in [-0.2, 0) is 6.54 Å². The molecular formula is C21H27N5O2. The summed E-state index contributed by atoms with van der Waals surface area (Å²) >= 11 is 0. The molecule has 7 nitrogen and oxygen atoms in total. The molecule has 0 amide bonds. The first kappa shape index (κ1) is 19.5. The molecule has 0 fully saturated rings. The molecule has 3 rings (SSSR count). The van der Waals surface area contributed by atoms with Gasteiger partial charge in [-0.25, -0.2) is 4.98 Å². The summed E-state index contributed by atoms with van der Waals surface area (Å²) in [6, 6.07) is 13.7. The topological polar surface area (TPSA) is 63.4 Å². The molecule has 0 saturated carbocycles. The molecule has 148 valence electrons. The van der Waals surface area contributed by atoms with Crippen molar-refractivity contribution in [2.75, 3.05) is 34.4 Å². The quantitative estimate of drug-likeness (QED) is 0.504. The number of guanidine groups is 1. The minimum atomic E-state index is 0.553. The van der Waals surface area contributed by atoms with E-state index in [-0.39, 0.29) is 0 Å². The summed E-state index contributed by atoms with van der Waals surface area (Å²) in [5.41, 5.74) is 3.08. The Morgan fingerprint density at radius 3 is 2.61 bits per heavy atom. The number of ether oxygens (including phenoxy) is 2. The molecule has 0 radical (unpaired) electrons. The number of nitrogens with one attached hydrogen (secondary N) is 1. The number of hydrogen-bond acceptors (Lipinski definition) is 4. The SMILES string of the molecule is CN=C(NCc1cn2c(C)cccc2n1)N(C)CCOc1ccc(OC)cc1. The van der Waals surface area contributed by atoms with Crippen molar-refractivity contribution in [3.63, 3.8) is 0 Å². The fourth-order valence-electron chi connectivity index (χ4n) is 2.92. The van der Waals surface area contributed by atoms with Crippen molar-refractivity contribution in [2.24, 2.45) is 4.99 Å². The zero-order chi connectivity index (χ0) is 19.9. The fraction of sp³-hybridized carbons (Fsp3) is 0.333. The van der Waals surface area contributed by atoms with Crippen LogP contribution in [-0.4, -0.2) is 54.6 Å². The molecule has 2 heterocycles. The second kappa shape index (κ2) is 9.12. The number of aryl methyl sites for hydroxylation is 1. The van der Waals surface area contributed by atoms with Gasteiger partial charge in [-0.3, -0.25) is 4.99 Å². The normalized spacial score (nSPS) is 11.5. The van der Waals surface area contributed by atoms with Gasteiger partial charge < -0.3 is 24.1 Å². The van der Waals surface area contributed by atoms with E-state index in [1.807, 2.05) is 48.3 Å². The molecule has 1 N–H and O–H groups in total. The van der Waals surface area contributed by atoms with E-state index in [4.69, 9.17) is 9.47 Å². The molecule has 0 bridgehead atoms. The van der Waals surface area contributed by atoms with Gasteiger partial charge in [-0.15, -0.1) is 0 Å². The van der Waals surface area contributed by atoms with Crippen molar-refractivity contribution in [1.82, 2.24) is 19.6 Å². The van der Waals surface area contributed by atoms with E-state index in [0.29, 0.717) is 19.7 Å². The standard InChI is InChI=1S/C21H27N5O2/c1-16-6-5-7-20-24-17(15-26(16)20)14-23-21(22-2)25(3)12-13-28-19-10-8-18(27-4)9-11-19/h5-11,15H,12-14H2,1-4H3,(H,22,23). The van der Waals surface area contributed by atoms with E-state index >= 15 is 0 Å². The van der Waals surface area contributed by atoms with Crippen molar-refractivity contribution in [1.29, 1.82) is 0 Å². The molecule has 0 aliphatic heterocycles. The Labute approximate surface area is 165 Å². The predicted octanol–water partition coefficient (Wildman–Crippen LogP) is 2.74. The molecule has 1 aromatic carbocycles. The molecule has 0 aliphatic rings. The van der Waals surface area contributed by atoms with Gasteiger partial charge in [-0.2, -0.15) is 0 Å². The smallest absolute Gasteiger partial charge is 0.193 e. The van der Waals surface area contributed by atoms with Crippen LogP contribution in [0.1, 0.15) is 11.4 Å². The lowest BCUT2D eigenvalue weighted by atomic mass is 10.3. The highest BCUT2D eigenvalue weighted by Crippen LogP contribution is 2.16. The number of nitrogens with zero attached hydrogens (tertiary/aromatic N) is 4. The molecule has 0 spiro atoms. The van der Waals surface area contributed by atoms with Gasteiger partial charge in [-0.1, -0.05) is 6.07 Å². The number of aromatic nitrogens is 2. The van der Waals surface area contributed by atoms with Gasteiger partial charge in [0, 0.05) is 26.0 Å². The van der Waals surface area contributed by atoms with E-state index in [0.717, 1.165) is 34.5 Å². The third-order valence-corrected chi connectivity index (χ3v) is 4.50. The van der Waals surface area contributed by atoms with Crippen LogP contribution in [0.4, 0.5) is 0 Å². The molecule has 0 atom stereocenters. The maximum absolute atomic E-state index is 5.79. The second-order valence-electron chi connectivity index (χ2n) is 6.47. The lowest BCUT2D eigenvalue weighted by Crippen LogP contribution is -2.40. The van der Waals surface area contributed by atoms with Crippen molar-refractivity contribution in [3.8, 4) is 11.5 Å². The maximum Gasteiger partial charge on any atom is 0.193 e. The highest BCUT2D eigenvalue weighted by Gasteiger charge is 2.08. The minimum Gasteiger partial charge on any atom is -0.497 e. The van der Waals surface area contributed by atoms with Gasteiger partial charge in [0.2, 0.25) is 0 Å². The summed E-state index contributed by atoms with van der Waals surface area (Å²) in [5.74, 6) is 2.43. The number of methoxy groups -OCH3 is 1. The first-order valence-electron chi connectivity index (χ1n) is 9.23. The van der Waals surface area contributed by atoms with Crippen molar-refractivity contribution < 1.29 is 9.47 Å². The Hall–Kier alpha value is -3.22. The van der Waals surface area contributed by atoms with E-state index < -0.39 is 0 Å². The van der Waals surface area contributed by atoms with Gasteiger partial charge in [0.25, 0.3) is 0 Å². The summed E-state index contributed by atoms with van der Waals surface area (Å²) < 4.78 is 13.0. The van der Waals surface area contributed by atoms with Crippen LogP contribution < -0.4 is 14.8 Å². The zero-order valence-electron chi connectivity index (χ0n) is 16.8. The van der Waals surface area contributed by atoms with Gasteiger partial charge >= 0.3 is 0 Å². The Bertz CT molecular complexity index is 934. The number of rotatable bonds is 7. The van der Waals surface area contributed by atoms with Gasteiger partial charge in [0.05, 0.1) is 25.9 Å². The average molecular weight is 381 g/mol. The number of aliphatic imine (C=N–C) groups is 1. The number of likely N-dealkylation sites (N-methyl/N-ethyl adjacent to an activating group) is 1. The molecule has 0 saturated heterocycles. The number of imidazole rings is 1. The molecule has 0 unspecified atom stereocenters. The molecule has 0 aliphatic carbocycles. The van der Waals surface area contributed by atoms with Crippen molar-refractivity contribution in [3.05, 3.63) is 60.0 Å². The van der Waals surface area contributed by atoms with Crippen LogP contribution in [0.3, 0.4) is 0 Å². The first-order valence-corrected chi connectivity index (χ1v) is 9.23. The van der Waals surface area contributed by atoms with Gasteiger partial charge in [-0.05, 0) is 43.3 Å². The van der Waals surface area contributed by atoms with Crippen LogP contribution in [0.2, 0.25) is 0 Å². The third-order valence-electron chi connectivity index (χ3n) is 4.50. The lowest BCUT2D eigenvalue weighted by molar-refractivity contribution is 0.281. The molecule has 2 aromatic heterocycles. The number of hydrogen-bond donors (Lipinski definition) is 1. The average Bonchev–Trinajstić information content (AvgIpc) is 3.13. The minimum absolute atomic E-state index is 0.553. The highest BCUT2D eigenvalue weighted by molar-refractivity contribution is 5.79. The predicted molar refractivity (Wildman–Crippen MR) is 111 cm³/mol.